The first-order valence-electron chi connectivity index (χ1n) is 8.12. The van der Waals surface area contributed by atoms with Crippen LogP contribution in [-0.4, -0.2) is 5.11 Å². The van der Waals surface area contributed by atoms with E-state index in [1.54, 1.807) is 0 Å². The quantitative estimate of drug-likeness (QED) is 0.324. The highest BCUT2D eigenvalue weighted by molar-refractivity contribution is 5.87. The van der Waals surface area contributed by atoms with Gasteiger partial charge in [-0.15, -0.1) is 0 Å². The molecule has 136 valence electrons. The third kappa shape index (κ3) is 3.19. The SMILES string of the molecule is Cc1c(F)c(F)cc(/C(=C\C(O)=C2CCC2)c2ccc(F)cc2N)c1F. The molecule has 3 N–H and O–H groups in total. The van der Waals surface area contributed by atoms with Crippen LogP contribution in [0.3, 0.4) is 0 Å². The van der Waals surface area contributed by atoms with Crippen molar-refractivity contribution in [3.63, 3.8) is 0 Å². The Bertz CT molecular complexity index is 941. The van der Waals surface area contributed by atoms with Crippen LogP contribution in [0.4, 0.5) is 23.2 Å². The van der Waals surface area contributed by atoms with Crippen molar-refractivity contribution in [2.45, 2.75) is 26.2 Å². The number of rotatable bonds is 3. The number of anilines is 1. The van der Waals surface area contributed by atoms with Crippen LogP contribution in [0.25, 0.3) is 5.57 Å². The zero-order chi connectivity index (χ0) is 19.0. The molecule has 0 heterocycles. The molecule has 2 aromatic carbocycles. The molecule has 1 aliphatic carbocycles. The normalized spacial score (nSPS) is 14.3. The lowest BCUT2D eigenvalue weighted by Gasteiger charge is -2.19. The van der Waals surface area contributed by atoms with Crippen LogP contribution in [0.15, 0.2) is 41.7 Å². The molecule has 0 radical (unpaired) electrons. The summed E-state index contributed by atoms with van der Waals surface area (Å²) < 4.78 is 55.6. The molecule has 1 fully saturated rings. The van der Waals surface area contributed by atoms with E-state index in [2.05, 4.69) is 0 Å². The fourth-order valence-electron chi connectivity index (χ4n) is 2.85. The van der Waals surface area contributed by atoms with E-state index in [9.17, 15) is 22.7 Å². The summed E-state index contributed by atoms with van der Waals surface area (Å²) in [5.74, 6) is -4.13. The molecular weight excluding hydrogens is 346 g/mol. The largest absolute Gasteiger partial charge is 0.508 e. The van der Waals surface area contributed by atoms with Gasteiger partial charge < -0.3 is 10.8 Å². The Kier molecular flexibility index (Phi) is 4.76. The fraction of sp³-hybridized carbons (Fsp3) is 0.200. The van der Waals surface area contributed by atoms with E-state index in [4.69, 9.17) is 5.73 Å². The first kappa shape index (κ1) is 18.0. The van der Waals surface area contributed by atoms with Crippen LogP contribution in [0.5, 0.6) is 0 Å². The lowest BCUT2D eigenvalue weighted by molar-refractivity contribution is 0.407. The van der Waals surface area contributed by atoms with Gasteiger partial charge in [0.25, 0.3) is 0 Å². The van der Waals surface area contributed by atoms with E-state index in [1.165, 1.54) is 12.1 Å². The lowest BCUT2D eigenvalue weighted by Crippen LogP contribution is -2.05. The summed E-state index contributed by atoms with van der Waals surface area (Å²) in [6.45, 7) is 1.12. The van der Waals surface area contributed by atoms with E-state index in [0.29, 0.717) is 18.9 Å². The van der Waals surface area contributed by atoms with Crippen molar-refractivity contribution >= 4 is 11.3 Å². The van der Waals surface area contributed by atoms with Gasteiger partial charge >= 0.3 is 0 Å². The van der Waals surface area contributed by atoms with E-state index in [0.717, 1.165) is 31.1 Å². The summed E-state index contributed by atoms with van der Waals surface area (Å²) in [5.41, 5.74) is 6.14. The minimum absolute atomic E-state index is 0.00977. The molecule has 0 atom stereocenters. The maximum atomic E-state index is 14.7. The van der Waals surface area contributed by atoms with Gasteiger partial charge in [0.15, 0.2) is 11.6 Å². The molecule has 6 heteroatoms. The Morgan fingerprint density at radius 3 is 2.31 bits per heavy atom. The Labute approximate surface area is 148 Å². The molecule has 1 aliphatic rings. The van der Waals surface area contributed by atoms with Crippen molar-refractivity contribution in [1.82, 2.24) is 0 Å². The standard InChI is InChI=1S/C20H17F4NO/c1-10-19(23)15(8-16(22)20(10)24)14(9-18(26)11-3-2-4-11)13-6-5-12(21)7-17(13)25/h5-9,26H,2-4,25H2,1H3/b14-9-. The highest BCUT2D eigenvalue weighted by atomic mass is 19.2. The van der Waals surface area contributed by atoms with Crippen molar-refractivity contribution in [1.29, 1.82) is 0 Å². The van der Waals surface area contributed by atoms with Crippen LogP contribution in [-0.2, 0) is 0 Å². The number of benzene rings is 2. The molecule has 2 aromatic rings. The number of aliphatic hydroxyl groups excluding tert-OH is 1. The molecule has 0 aliphatic heterocycles. The van der Waals surface area contributed by atoms with Gasteiger partial charge in [0.2, 0.25) is 0 Å². The second-order valence-corrected chi connectivity index (χ2v) is 6.29. The van der Waals surface area contributed by atoms with Crippen LogP contribution in [0, 0.1) is 30.2 Å². The second kappa shape index (κ2) is 6.86. The molecule has 3 rings (SSSR count). The molecule has 0 spiro atoms. The second-order valence-electron chi connectivity index (χ2n) is 6.29. The highest BCUT2D eigenvalue weighted by Crippen LogP contribution is 2.35. The maximum absolute atomic E-state index is 14.7. The van der Waals surface area contributed by atoms with Crippen LogP contribution in [0.2, 0.25) is 0 Å². The third-order valence-corrected chi connectivity index (χ3v) is 4.57. The van der Waals surface area contributed by atoms with Gasteiger partial charge in [0.05, 0.1) is 0 Å². The predicted octanol–water partition coefficient (Wildman–Crippen LogP) is 5.56. The van der Waals surface area contributed by atoms with Gasteiger partial charge in [-0.3, -0.25) is 0 Å². The summed E-state index contributed by atoms with van der Waals surface area (Å²) in [4.78, 5) is 0. The Morgan fingerprint density at radius 2 is 1.73 bits per heavy atom. The Hall–Kier alpha value is -2.76. The maximum Gasteiger partial charge on any atom is 0.164 e. The lowest BCUT2D eigenvalue weighted by atomic mass is 9.88. The van der Waals surface area contributed by atoms with Crippen LogP contribution < -0.4 is 5.73 Å². The number of aliphatic hydroxyl groups is 1. The molecule has 1 saturated carbocycles. The van der Waals surface area contributed by atoms with E-state index >= 15 is 0 Å². The van der Waals surface area contributed by atoms with Crippen LogP contribution >= 0.6 is 0 Å². The van der Waals surface area contributed by atoms with Crippen molar-refractivity contribution in [3.8, 4) is 0 Å². The van der Waals surface area contributed by atoms with Gasteiger partial charge in [-0.1, -0.05) is 0 Å². The molecule has 2 nitrogen and oxygen atoms in total. The summed E-state index contributed by atoms with van der Waals surface area (Å²) in [6, 6.07) is 4.19. The summed E-state index contributed by atoms with van der Waals surface area (Å²) in [5, 5.41) is 10.3. The van der Waals surface area contributed by atoms with Crippen molar-refractivity contribution in [2.75, 3.05) is 5.73 Å². The topological polar surface area (TPSA) is 46.2 Å². The molecule has 0 bridgehead atoms. The Balaban J connectivity index is 2.27. The number of hydrogen-bond acceptors (Lipinski definition) is 2. The molecule has 0 amide bonds. The van der Waals surface area contributed by atoms with Gasteiger partial charge in [0.1, 0.15) is 17.4 Å². The summed E-state index contributed by atoms with van der Waals surface area (Å²) in [6.07, 6.45) is 3.61. The number of allylic oxidation sites excluding steroid dienone is 2. The number of halogens is 4. The number of hydrogen-bond donors (Lipinski definition) is 2. The molecule has 26 heavy (non-hydrogen) atoms. The molecule has 0 aromatic heterocycles. The first-order valence-corrected chi connectivity index (χ1v) is 8.12. The van der Waals surface area contributed by atoms with Crippen molar-refractivity contribution < 1.29 is 22.7 Å². The number of nitrogens with two attached hydrogens (primary N) is 1. The monoisotopic (exact) mass is 363 g/mol. The molecular formula is C20H17F4NO. The zero-order valence-corrected chi connectivity index (χ0v) is 14.0. The van der Waals surface area contributed by atoms with Gasteiger partial charge in [0, 0.05) is 22.4 Å². The highest BCUT2D eigenvalue weighted by Gasteiger charge is 2.22. The van der Waals surface area contributed by atoms with E-state index < -0.39 is 28.8 Å². The summed E-state index contributed by atoms with van der Waals surface area (Å²) in [7, 11) is 0. The predicted molar refractivity (Wildman–Crippen MR) is 92.5 cm³/mol. The minimum Gasteiger partial charge on any atom is -0.508 e. The van der Waals surface area contributed by atoms with Gasteiger partial charge in [-0.05, 0) is 67.7 Å². The third-order valence-electron chi connectivity index (χ3n) is 4.57. The first-order chi connectivity index (χ1) is 12.3. The van der Waals surface area contributed by atoms with Crippen molar-refractivity contribution in [3.05, 3.63) is 81.6 Å². The smallest absolute Gasteiger partial charge is 0.164 e. The molecule has 0 unspecified atom stereocenters. The molecule has 0 saturated heterocycles. The number of nitrogen functional groups attached to an aromatic ring is 1. The van der Waals surface area contributed by atoms with Gasteiger partial charge in [-0.2, -0.15) is 0 Å². The van der Waals surface area contributed by atoms with Crippen molar-refractivity contribution in [2.24, 2.45) is 0 Å². The average Bonchev–Trinajstić information content (AvgIpc) is 2.53. The average molecular weight is 363 g/mol. The summed E-state index contributed by atoms with van der Waals surface area (Å²) >= 11 is 0. The van der Waals surface area contributed by atoms with E-state index in [-0.39, 0.29) is 28.1 Å². The Morgan fingerprint density at radius 1 is 1.04 bits per heavy atom. The minimum atomic E-state index is -1.28. The van der Waals surface area contributed by atoms with Gasteiger partial charge in [-0.25, -0.2) is 17.6 Å². The zero-order valence-electron chi connectivity index (χ0n) is 14.0. The van der Waals surface area contributed by atoms with Crippen LogP contribution in [0.1, 0.15) is 36.0 Å². The fourth-order valence-corrected chi connectivity index (χ4v) is 2.85. The van der Waals surface area contributed by atoms with E-state index in [1.807, 2.05) is 0 Å².